The number of para-hydroxylation sites is 2. The topological polar surface area (TPSA) is 73.2 Å². The van der Waals surface area contributed by atoms with E-state index >= 15 is 0 Å². The number of ether oxygens (including phenoxy) is 1. The van der Waals surface area contributed by atoms with Gasteiger partial charge in [-0.2, -0.15) is 4.68 Å². The smallest absolute Gasteiger partial charge is 0.291 e. The maximum Gasteiger partial charge on any atom is 0.291 e. The number of aromatic nitrogens is 2. The van der Waals surface area contributed by atoms with Crippen molar-refractivity contribution in [3.05, 3.63) is 69.8 Å². The molecule has 3 rings (SSSR count). The molecule has 1 N–H and O–H groups in total. The van der Waals surface area contributed by atoms with Crippen molar-refractivity contribution in [2.24, 2.45) is 0 Å². The standard InChI is InChI=1S/C19H16Cl3N3O3/c1-11-6-5-7-12(2)16(11)28-10-15-23-14-9-4-3-8-13(14)17(26)25(15)24-18(27)19(20,21)22/h3-9H,10H2,1-2H3,(H,24,27). The fourth-order valence-electron chi connectivity index (χ4n) is 2.72. The minimum Gasteiger partial charge on any atom is -0.485 e. The van der Waals surface area contributed by atoms with Crippen LogP contribution in [0.3, 0.4) is 0 Å². The number of halogens is 3. The summed E-state index contributed by atoms with van der Waals surface area (Å²) in [6.07, 6.45) is 0. The van der Waals surface area contributed by atoms with E-state index in [2.05, 4.69) is 10.4 Å². The van der Waals surface area contributed by atoms with Gasteiger partial charge in [-0.05, 0) is 37.1 Å². The van der Waals surface area contributed by atoms with Gasteiger partial charge in [-0.25, -0.2) is 4.98 Å². The van der Waals surface area contributed by atoms with Crippen LogP contribution in [0, 0.1) is 13.8 Å². The first-order chi connectivity index (χ1) is 13.2. The normalized spacial score (nSPS) is 11.5. The van der Waals surface area contributed by atoms with E-state index in [1.54, 1.807) is 24.3 Å². The predicted octanol–water partition coefficient (Wildman–Crippen LogP) is 4.03. The predicted molar refractivity (Wildman–Crippen MR) is 111 cm³/mol. The van der Waals surface area contributed by atoms with E-state index in [1.807, 2.05) is 32.0 Å². The number of benzene rings is 2. The molecule has 0 atom stereocenters. The first kappa shape index (κ1) is 20.5. The quantitative estimate of drug-likeness (QED) is 0.622. The molecule has 28 heavy (non-hydrogen) atoms. The maximum absolute atomic E-state index is 12.9. The molecule has 1 amide bonds. The highest BCUT2D eigenvalue weighted by atomic mass is 35.6. The summed E-state index contributed by atoms with van der Waals surface area (Å²) in [4.78, 5) is 29.4. The zero-order valence-electron chi connectivity index (χ0n) is 15.0. The van der Waals surface area contributed by atoms with Crippen molar-refractivity contribution in [2.75, 3.05) is 5.43 Å². The first-order valence-electron chi connectivity index (χ1n) is 8.26. The number of nitrogens with one attached hydrogen (secondary N) is 1. The summed E-state index contributed by atoms with van der Waals surface area (Å²) in [6, 6.07) is 12.5. The van der Waals surface area contributed by atoms with Gasteiger partial charge in [-0.3, -0.25) is 15.0 Å². The molecule has 0 saturated heterocycles. The Morgan fingerprint density at radius 2 is 1.75 bits per heavy atom. The Labute approximate surface area is 176 Å². The van der Waals surface area contributed by atoms with Crippen LogP contribution in [-0.4, -0.2) is 19.4 Å². The molecule has 1 heterocycles. The lowest BCUT2D eigenvalue weighted by molar-refractivity contribution is -0.116. The van der Waals surface area contributed by atoms with Crippen LogP contribution in [-0.2, 0) is 11.4 Å². The number of nitrogens with zero attached hydrogens (tertiary/aromatic N) is 2. The van der Waals surface area contributed by atoms with Crippen molar-refractivity contribution in [3.8, 4) is 5.75 Å². The number of fused-ring (bicyclic) bond motifs is 1. The van der Waals surface area contributed by atoms with Crippen LogP contribution in [0.2, 0.25) is 0 Å². The van der Waals surface area contributed by atoms with Gasteiger partial charge in [0.05, 0.1) is 10.9 Å². The first-order valence-corrected chi connectivity index (χ1v) is 9.39. The van der Waals surface area contributed by atoms with E-state index in [0.29, 0.717) is 16.7 Å². The number of carbonyl (C=O) groups is 1. The summed E-state index contributed by atoms with van der Waals surface area (Å²) < 4.78 is 4.60. The molecule has 0 aliphatic heterocycles. The Balaban J connectivity index is 2.05. The van der Waals surface area contributed by atoms with E-state index in [4.69, 9.17) is 39.5 Å². The second-order valence-corrected chi connectivity index (χ2v) is 8.42. The lowest BCUT2D eigenvalue weighted by Gasteiger charge is -2.18. The van der Waals surface area contributed by atoms with Crippen LogP contribution < -0.4 is 15.7 Å². The van der Waals surface area contributed by atoms with Crippen molar-refractivity contribution in [3.63, 3.8) is 0 Å². The second-order valence-electron chi connectivity index (χ2n) is 6.13. The van der Waals surface area contributed by atoms with Crippen molar-refractivity contribution in [1.82, 2.24) is 9.66 Å². The van der Waals surface area contributed by atoms with Gasteiger partial charge >= 0.3 is 0 Å². The van der Waals surface area contributed by atoms with Gasteiger partial charge < -0.3 is 4.74 Å². The van der Waals surface area contributed by atoms with Crippen LogP contribution in [0.4, 0.5) is 0 Å². The fraction of sp³-hybridized carbons (Fsp3) is 0.211. The van der Waals surface area contributed by atoms with Gasteiger partial charge in [0.25, 0.3) is 15.3 Å². The molecule has 0 unspecified atom stereocenters. The lowest BCUT2D eigenvalue weighted by Crippen LogP contribution is -2.41. The zero-order chi connectivity index (χ0) is 20.5. The number of rotatable bonds is 4. The van der Waals surface area contributed by atoms with Gasteiger partial charge in [-0.15, -0.1) is 0 Å². The third kappa shape index (κ3) is 4.24. The molecule has 146 valence electrons. The molecule has 3 aromatic rings. The van der Waals surface area contributed by atoms with Crippen molar-refractivity contribution >= 4 is 51.6 Å². The Hall–Kier alpha value is -2.28. The Bertz CT molecular complexity index is 1090. The Kier molecular flexibility index (Phi) is 5.84. The minimum atomic E-state index is -2.24. The minimum absolute atomic E-state index is 0.0775. The van der Waals surface area contributed by atoms with Crippen LogP contribution in [0.15, 0.2) is 47.3 Å². The molecule has 0 saturated carbocycles. The van der Waals surface area contributed by atoms with Crippen molar-refractivity contribution < 1.29 is 9.53 Å². The number of hydrogen-bond donors (Lipinski definition) is 1. The summed E-state index contributed by atoms with van der Waals surface area (Å²) in [5, 5.41) is 0.308. The average molecular weight is 441 g/mol. The molecule has 0 fully saturated rings. The SMILES string of the molecule is Cc1cccc(C)c1OCc1nc2ccccc2c(=O)n1NC(=O)C(Cl)(Cl)Cl. The van der Waals surface area contributed by atoms with E-state index in [1.165, 1.54) is 0 Å². The van der Waals surface area contributed by atoms with E-state index < -0.39 is 15.3 Å². The maximum atomic E-state index is 12.9. The molecule has 0 aliphatic carbocycles. The van der Waals surface area contributed by atoms with Gasteiger partial charge in [0.15, 0.2) is 5.82 Å². The Morgan fingerprint density at radius 3 is 2.39 bits per heavy atom. The molecule has 0 aliphatic rings. The number of aryl methyl sites for hydroxylation is 2. The van der Waals surface area contributed by atoms with Crippen molar-refractivity contribution in [1.29, 1.82) is 0 Å². The molecular weight excluding hydrogens is 425 g/mol. The van der Waals surface area contributed by atoms with Crippen LogP contribution in [0.1, 0.15) is 17.0 Å². The molecule has 1 aromatic heterocycles. The van der Waals surface area contributed by atoms with Crippen LogP contribution in [0.5, 0.6) is 5.75 Å². The number of alkyl halides is 3. The highest BCUT2D eigenvalue weighted by molar-refractivity contribution is 6.76. The number of amides is 1. The van der Waals surface area contributed by atoms with Gasteiger partial charge in [0, 0.05) is 0 Å². The highest BCUT2D eigenvalue weighted by Crippen LogP contribution is 2.26. The van der Waals surface area contributed by atoms with Crippen molar-refractivity contribution in [2.45, 2.75) is 24.2 Å². The zero-order valence-corrected chi connectivity index (χ0v) is 17.3. The number of carbonyl (C=O) groups excluding carboxylic acids is 1. The van der Waals surface area contributed by atoms with E-state index in [-0.39, 0.29) is 12.4 Å². The molecular formula is C19H16Cl3N3O3. The van der Waals surface area contributed by atoms with Gasteiger partial charge in [-0.1, -0.05) is 65.1 Å². The largest absolute Gasteiger partial charge is 0.485 e. The van der Waals surface area contributed by atoms with Gasteiger partial charge in [0.2, 0.25) is 0 Å². The average Bonchev–Trinajstić information content (AvgIpc) is 2.63. The van der Waals surface area contributed by atoms with E-state index in [0.717, 1.165) is 15.8 Å². The highest BCUT2D eigenvalue weighted by Gasteiger charge is 2.32. The third-order valence-electron chi connectivity index (χ3n) is 4.07. The summed E-state index contributed by atoms with van der Waals surface area (Å²) in [5.41, 5.74) is 4.12. The molecule has 0 spiro atoms. The lowest BCUT2D eigenvalue weighted by atomic mass is 10.1. The summed E-state index contributed by atoms with van der Waals surface area (Å²) in [7, 11) is 0. The molecule has 9 heteroatoms. The molecule has 6 nitrogen and oxygen atoms in total. The van der Waals surface area contributed by atoms with Gasteiger partial charge in [0.1, 0.15) is 12.4 Å². The second kappa shape index (κ2) is 7.99. The van der Waals surface area contributed by atoms with E-state index in [9.17, 15) is 9.59 Å². The summed E-state index contributed by atoms with van der Waals surface area (Å²) >= 11 is 16.9. The molecule has 0 bridgehead atoms. The third-order valence-corrected chi connectivity index (χ3v) is 4.59. The summed E-state index contributed by atoms with van der Waals surface area (Å²) in [6.45, 7) is 3.74. The Morgan fingerprint density at radius 1 is 1.11 bits per heavy atom. The summed E-state index contributed by atoms with van der Waals surface area (Å²) in [5.74, 6) is -0.150. The molecule has 2 aromatic carbocycles. The molecule has 0 radical (unpaired) electrons. The van der Waals surface area contributed by atoms with Crippen LogP contribution >= 0.6 is 34.8 Å². The van der Waals surface area contributed by atoms with Crippen LogP contribution in [0.25, 0.3) is 10.9 Å². The monoisotopic (exact) mass is 439 g/mol. The number of hydrogen-bond acceptors (Lipinski definition) is 4. The fourth-order valence-corrected chi connectivity index (χ4v) is 2.85.